The number of nitrogens with two attached hydrogens (primary N) is 1. The second-order valence-corrected chi connectivity index (χ2v) is 10.3. The summed E-state index contributed by atoms with van der Waals surface area (Å²) in [6.07, 6.45) is 3.48. The smallest absolute Gasteiger partial charge is 0.254 e. The molecule has 3 atom stereocenters. The lowest BCUT2D eigenvalue weighted by Gasteiger charge is -2.20. The summed E-state index contributed by atoms with van der Waals surface area (Å²) in [6.45, 7) is 4.10. The molecule has 192 valence electrons. The summed E-state index contributed by atoms with van der Waals surface area (Å²) in [5, 5.41) is 11.8. The molecule has 2 aliphatic heterocycles. The molecule has 0 aliphatic carbocycles. The summed E-state index contributed by atoms with van der Waals surface area (Å²) < 4.78 is 18.0. The van der Waals surface area contributed by atoms with E-state index in [1.165, 1.54) is 17.1 Å². The number of rotatable bonds is 4. The van der Waals surface area contributed by atoms with Gasteiger partial charge >= 0.3 is 0 Å². The fourth-order valence-corrected chi connectivity index (χ4v) is 5.57. The van der Waals surface area contributed by atoms with Gasteiger partial charge < -0.3 is 5.73 Å². The topological polar surface area (TPSA) is 117 Å². The Morgan fingerprint density at radius 3 is 2.68 bits per heavy atom. The zero-order valence-electron chi connectivity index (χ0n) is 20.3. The van der Waals surface area contributed by atoms with Crippen LogP contribution in [-0.2, 0) is 0 Å². The second kappa shape index (κ2) is 9.14. The molecule has 6 rings (SSSR count). The third-order valence-electron chi connectivity index (χ3n) is 7.34. The Morgan fingerprint density at radius 2 is 1.92 bits per heavy atom. The molecule has 4 aromatic rings. The van der Waals surface area contributed by atoms with Crippen molar-refractivity contribution in [2.75, 3.05) is 5.73 Å². The van der Waals surface area contributed by atoms with Crippen LogP contribution in [0.25, 0.3) is 22.5 Å². The molecule has 0 saturated carbocycles. The molecule has 0 unspecified atom stereocenters. The van der Waals surface area contributed by atoms with Gasteiger partial charge in [-0.25, -0.2) is 9.37 Å². The van der Waals surface area contributed by atoms with Crippen molar-refractivity contribution in [3.05, 3.63) is 86.5 Å². The lowest BCUT2D eigenvalue weighted by atomic mass is 9.88. The predicted octanol–water partition coefficient (Wildman–Crippen LogP) is 5.09. The van der Waals surface area contributed by atoms with Gasteiger partial charge in [-0.1, -0.05) is 37.0 Å². The highest BCUT2D eigenvalue weighted by Crippen LogP contribution is 2.44. The number of anilines is 1. The average molecular weight is 551 g/mol. The van der Waals surface area contributed by atoms with E-state index in [4.69, 9.17) is 33.9 Å². The minimum atomic E-state index is -0.578. The van der Waals surface area contributed by atoms with Gasteiger partial charge in [0.05, 0.1) is 28.1 Å². The molecule has 2 N–H and O–H groups in total. The molecule has 4 heterocycles. The third-order valence-corrected chi connectivity index (χ3v) is 7.96. The van der Waals surface area contributed by atoms with Crippen LogP contribution in [0.3, 0.4) is 0 Å². The van der Waals surface area contributed by atoms with Gasteiger partial charge in [-0.3, -0.25) is 14.4 Å². The highest BCUT2D eigenvalue weighted by Gasteiger charge is 2.41. The number of nitrogen functional groups attached to an aromatic ring is 1. The summed E-state index contributed by atoms with van der Waals surface area (Å²) in [7, 11) is 0. The fourth-order valence-electron chi connectivity index (χ4n) is 5.23. The Morgan fingerprint density at radius 1 is 1.11 bits per heavy atom. The van der Waals surface area contributed by atoms with Gasteiger partial charge in [0.2, 0.25) is 0 Å². The van der Waals surface area contributed by atoms with Gasteiger partial charge in [-0.15, -0.1) is 5.10 Å². The number of nitrogens with zero attached hydrogens (tertiary/aromatic N) is 7. The minimum absolute atomic E-state index is 0.0233. The van der Waals surface area contributed by atoms with Crippen molar-refractivity contribution in [2.24, 2.45) is 10.9 Å². The molecular weight excluding hydrogens is 530 g/mol. The van der Waals surface area contributed by atoms with E-state index in [9.17, 15) is 9.18 Å². The van der Waals surface area contributed by atoms with E-state index in [0.29, 0.717) is 45.3 Å². The molecule has 2 aromatic heterocycles. The monoisotopic (exact) mass is 550 g/mol. The summed E-state index contributed by atoms with van der Waals surface area (Å²) >= 11 is 12.3. The number of hydrogen-bond donors (Lipinski definition) is 1. The van der Waals surface area contributed by atoms with E-state index in [1.54, 1.807) is 41.1 Å². The number of hydrogen-bond acceptors (Lipinski definition) is 7. The number of halogens is 3. The molecule has 0 amide bonds. The summed E-state index contributed by atoms with van der Waals surface area (Å²) in [5.74, 6) is 0.0458. The summed E-state index contributed by atoms with van der Waals surface area (Å²) in [6, 6.07) is 9.58. The summed E-state index contributed by atoms with van der Waals surface area (Å²) in [4.78, 5) is 23.2. The number of aliphatic imine (C=N–C) groups is 1. The van der Waals surface area contributed by atoms with Crippen LogP contribution in [0.1, 0.15) is 43.6 Å². The zero-order chi connectivity index (χ0) is 26.7. The standard InChI is InChI=1S/C26H21Cl2FN8O/c1-12-13(2)26-33-19(17-8-15(27)3-6-21(17)36-11-32-34-35-36)9-22(38)37(26)25(12)20-7-14(10-31-20)16-4-5-18(30)23(28)24(16)29/h3-6,8-13,25H,7,30H2,1-2H3/t12-,13+,25-/m0/s1. The van der Waals surface area contributed by atoms with Gasteiger partial charge in [0, 0.05) is 46.5 Å². The van der Waals surface area contributed by atoms with Gasteiger partial charge in [-0.05, 0) is 52.2 Å². The lowest BCUT2D eigenvalue weighted by Crippen LogP contribution is -2.30. The Balaban J connectivity index is 1.38. The van der Waals surface area contributed by atoms with Crippen LogP contribution in [-0.4, -0.2) is 35.5 Å². The highest BCUT2D eigenvalue weighted by molar-refractivity contribution is 6.33. The van der Waals surface area contributed by atoms with Crippen molar-refractivity contribution in [3.8, 4) is 16.9 Å². The highest BCUT2D eigenvalue weighted by atomic mass is 35.5. The molecule has 0 bridgehead atoms. The Labute approximate surface area is 226 Å². The average Bonchev–Trinajstić information content (AvgIpc) is 3.65. The van der Waals surface area contributed by atoms with Crippen LogP contribution in [0.15, 0.2) is 58.7 Å². The van der Waals surface area contributed by atoms with Gasteiger partial charge in [0.15, 0.2) is 5.82 Å². The predicted molar refractivity (Wildman–Crippen MR) is 144 cm³/mol. The number of allylic oxidation sites excluding steroid dienone is 1. The molecule has 0 fully saturated rings. The van der Waals surface area contributed by atoms with Crippen molar-refractivity contribution in [1.82, 2.24) is 29.8 Å². The van der Waals surface area contributed by atoms with Crippen molar-refractivity contribution < 1.29 is 4.39 Å². The number of benzene rings is 2. The Hall–Kier alpha value is -3.89. The molecule has 2 aliphatic rings. The first-order valence-corrected chi connectivity index (χ1v) is 12.7. The second-order valence-electron chi connectivity index (χ2n) is 9.50. The number of fused-ring (bicyclic) bond motifs is 1. The van der Waals surface area contributed by atoms with Crippen molar-refractivity contribution in [3.63, 3.8) is 0 Å². The van der Waals surface area contributed by atoms with Gasteiger partial charge in [0.25, 0.3) is 5.56 Å². The van der Waals surface area contributed by atoms with Crippen LogP contribution in [0.2, 0.25) is 10.0 Å². The molecular formula is C26H21Cl2FN8O. The minimum Gasteiger partial charge on any atom is -0.397 e. The molecule has 0 saturated heterocycles. The van der Waals surface area contributed by atoms with Crippen LogP contribution in [0, 0.1) is 11.7 Å². The summed E-state index contributed by atoms with van der Waals surface area (Å²) in [5.41, 5.74) is 9.23. The molecule has 38 heavy (non-hydrogen) atoms. The number of tetrazole rings is 1. The first-order valence-electron chi connectivity index (χ1n) is 11.9. The van der Waals surface area contributed by atoms with E-state index >= 15 is 0 Å². The first kappa shape index (κ1) is 24.4. The normalized spacial score (nSPS) is 20.4. The van der Waals surface area contributed by atoms with Crippen molar-refractivity contribution in [1.29, 1.82) is 0 Å². The van der Waals surface area contributed by atoms with E-state index in [-0.39, 0.29) is 34.1 Å². The lowest BCUT2D eigenvalue weighted by molar-refractivity contribution is 0.460. The fraction of sp³-hybridized carbons (Fsp3) is 0.231. The Kier molecular flexibility index (Phi) is 5.88. The van der Waals surface area contributed by atoms with Crippen LogP contribution in [0.4, 0.5) is 10.1 Å². The van der Waals surface area contributed by atoms with Crippen LogP contribution < -0.4 is 11.3 Å². The maximum atomic E-state index is 14.8. The van der Waals surface area contributed by atoms with Crippen LogP contribution >= 0.6 is 23.2 Å². The molecule has 12 heteroatoms. The van der Waals surface area contributed by atoms with E-state index in [1.807, 2.05) is 6.92 Å². The van der Waals surface area contributed by atoms with Gasteiger partial charge in [-0.2, -0.15) is 4.68 Å². The number of aromatic nitrogens is 6. The Bertz CT molecular complexity index is 1710. The maximum Gasteiger partial charge on any atom is 0.254 e. The molecule has 9 nitrogen and oxygen atoms in total. The zero-order valence-corrected chi connectivity index (χ0v) is 21.8. The van der Waals surface area contributed by atoms with Crippen molar-refractivity contribution in [2.45, 2.75) is 32.2 Å². The maximum absolute atomic E-state index is 14.8. The van der Waals surface area contributed by atoms with E-state index in [2.05, 4.69) is 27.4 Å². The largest absolute Gasteiger partial charge is 0.397 e. The quantitative estimate of drug-likeness (QED) is 0.353. The van der Waals surface area contributed by atoms with Crippen LogP contribution in [0.5, 0.6) is 0 Å². The van der Waals surface area contributed by atoms with Gasteiger partial charge in [0.1, 0.15) is 12.2 Å². The molecule has 0 radical (unpaired) electrons. The van der Waals surface area contributed by atoms with Crippen molar-refractivity contribution >= 4 is 40.2 Å². The SMILES string of the molecule is C[C@@H]1[C@@H](C2=NC=C(c3ccc(N)c(Cl)c3F)C2)n2c(nc(-c3cc(Cl)ccc3-n3cnnn3)cc2=O)[C@@H]1C. The molecule has 0 spiro atoms. The first-order chi connectivity index (χ1) is 18.2. The van der Waals surface area contributed by atoms with E-state index < -0.39 is 5.82 Å². The third kappa shape index (κ3) is 3.83. The van der Waals surface area contributed by atoms with E-state index in [0.717, 1.165) is 5.71 Å². The molecule has 2 aromatic carbocycles.